The molecule has 0 spiro atoms. The van der Waals surface area contributed by atoms with Crippen LogP contribution >= 0.6 is 11.3 Å². The van der Waals surface area contributed by atoms with Crippen LogP contribution in [0.25, 0.3) is 10.6 Å². The summed E-state index contributed by atoms with van der Waals surface area (Å²) in [6.07, 6.45) is 2.50. The van der Waals surface area contributed by atoms with Gasteiger partial charge in [0, 0.05) is 37.6 Å². The fraction of sp³-hybridized carbons (Fsp3) is 0.263. The van der Waals surface area contributed by atoms with Gasteiger partial charge in [0.05, 0.1) is 11.1 Å². The molecule has 152 valence electrons. The number of hydrogen-bond donors (Lipinski definition) is 1. The molecular weight excluding hydrogens is 412 g/mol. The van der Waals surface area contributed by atoms with Crippen LogP contribution in [0.5, 0.6) is 0 Å². The van der Waals surface area contributed by atoms with Gasteiger partial charge in [0.2, 0.25) is 10.0 Å². The van der Waals surface area contributed by atoms with Gasteiger partial charge in [-0.1, -0.05) is 6.07 Å². The lowest BCUT2D eigenvalue weighted by molar-refractivity contribution is 0.102. The second kappa shape index (κ2) is 7.97. The van der Waals surface area contributed by atoms with Crippen molar-refractivity contribution < 1.29 is 17.6 Å². The number of amides is 1. The number of oxazole rings is 1. The lowest BCUT2D eigenvalue weighted by atomic mass is 10.2. The summed E-state index contributed by atoms with van der Waals surface area (Å²) in [6.45, 7) is 2.19. The highest BCUT2D eigenvalue weighted by atomic mass is 32.2. The number of carbonyl (C=O) groups excluding carboxylic acids is 1. The summed E-state index contributed by atoms with van der Waals surface area (Å²) >= 11 is 1.48. The minimum absolute atomic E-state index is 0.244. The minimum atomic E-state index is -3.15. The van der Waals surface area contributed by atoms with E-state index in [-0.39, 0.29) is 11.6 Å². The van der Waals surface area contributed by atoms with Crippen LogP contribution in [0.1, 0.15) is 10.5 Å². The molecule has 1 aliphatic heterocycles. The quantitative estimate of drug-likeness (QED) is 0.666. The second-order valence-electron chi connectivity index (χ2n) is 6.66. The normalized spacial score (nSPS) is 15.4. The molecule has 1 fully saturated rings. The Morgan fingerprint density at radius 2 is 1.86 bits per heavy atom. The predicted molar refractivity (Wildman–Crippen MR) is 113 cm³/mol. The van der Waals surface area contributed by atoms with Crippen LogP contribution in [0.15, 0.2) is 52.6 Å². The Bertz CT molecular complexity index is 1080. The molecule has 10 heteroatoms. The number of anilines is 2. The molecule has 1 saturated heterocycles. The summed E-state index contributed by atoms with van der Waals surface area (Å²) in [6, 6.07) is 11.2. The lowest BCUT2D eigenvalue weighted by Gasteiger charge is -2.34. The van der Waals surface area contributed by atoms with Crippen molar-refractivity contribution in [1.29, 1.82) is 0 Å². The van der Waals surface area contributed by atoms with E-state index < -0.39 is 10.0 Å². The molecule has 0 saturated carbocycles. The summed E-state index contributed by atoms with van der Waals surface area (Å²) in [5.74, 6) is 0.120. The van der Waals surface area contributed by atoms with Crippen LogP contribution in [0.3, 0.4) is 0 Å². The number of piperazine rings is 1. The average Bonchev–Trinajstić information content (AvgIpc) is 3.39. The van der Waals surface area contributed by atoms with E-state index in [4.69, 9.17) is 4.42 Å². The highest BCUT2D eigenvalue weighted by Crippen LogP contribution is 2.28. The lowest BCUT2D eigenvalue weighted by Crippen LogP contribution is -2.48. The number of hydrogen-bond acceptors (Lipinski definition) is 7. The zero-order valence-electron chi connectivity index (χ0n) is 15.7. The van der Waals surface area contributed by atoms with Crippen LogP contribution in [0, 0.1) is 0 Å². The van der Waals surface area contributed by atoms with Crippen LogP contribution in [0.4, 0.5) is 11.4 Å². The monoisotopic (exact) mass is 432 g/mol. The van der Waals surface area contributed by atoms with Crippen molar-refractivity contribution in [2.75, 3.05) is 42.7 Å². The molecular formula is C19H20N4O4S2. The largest absolute Gasteiger partial charge is 0.442 e. The fourth-order valence-corrected chi connectivity index (χ4v) is 4.75. The maximum Gasteiger partial charge on any atom is 0.278 e. The molecule has 4 rings (SSSR count). The van der Waals surface area contributed by atoms with Crippen molar-refractivity contribution >= 4 is 38.6 Å². The first-order valence-corrected chi connectivity index (χ1v) is 11.7. The van der Waals surface area contributed by atoms with Crippen molar-refractivity contribution in [3.05, 3.63) is 53.9 Å². The molecule has 1 N–H and O–H groups in total. The zero-order valence-corrected chi connectivity index (χ0v) is 17.4. The van der Waals surface area contributed by atoms with Gasteiger partial charge in [0.1, 0.15) is 0 Å². The molecule has 2 aromatic heterocycles. The summed E-state index contributed by atoms with van der Waals surface area (Å²) in [7, 11) is -3.15. The number of carbonyl (C=O) groups is 1. The van der Waals surface area contributed by atoms with Crippen LogP contribution < -0.4 is 10.2 Å². The van der Waals surface area contributed by atoms with Gasteiger partial charge < -0.3 is 14.6 Å². The first-order chi connectivity index (χ1) is 13.9. The summed E-state index contributed by atoms with van der Waals surface area (Å²) in [5, 5.41) is 4.75. The smallest absolute Gasteiger partial charge is 0.278 e. The van der Waals surface area contributed by atoms with E-state index in [1.807, 2.05) is 41.8 Å². The molecule has 0 bridgehead atoms. The highest BCUT2D eigenvalue weighted by molar-refractivity contribution is 7.88. The van der Waals surface area contributed by atoms with E-state index in [2.05, 4.69) is 15.2 Å². The van der Waals surface area contributed by atoms with Gasteiger partial charge in [-0.05, 0) is 35.7 Å². The van der Waals surface area contributed by atoms with E-state index in [1.54, 1.807) is 0 Å². The Balaban J connectivity index is 1.41. The van der Waals surface area contributed by atoms with Crippen LogP contribution in [0.2, 0.25) is 0 Å². The predicted octanol–water partition coefficient (Wildman–Crippen LogP) is 2.74. The Hall–Kier alpha value is -2.69. The first-order valence-electron chi connectivity index (χ1n) is 9.00. The molecule has 8 nitrogen and oxygen atoms in total. The summed E-state index contributed by atoms with van der Waals surface area (Å²) < 4.78 is 30.1. The number of benzene rings is 1. The summed E-state index contributed by atoms with van der Waals surface area (Å²) in [5.41, 5.74) is 1.87. The molecule has 3 heterocycles. The maximum absolute atomic E-state index is 12.6. The van der Waals surface area contributed by atoms with Gasteiger partial charge in [-0.25, -0.2) is 13.4 Å². The van der Waals surface area contributed by atoms with Gasteiger partial charge in [-0.15, -0.1) is 11.3 Å². The third kappa shape index (κ3) is 4.34. The number of aromatic nitrogens is 1. The Labute approximate surface area is 172 Å². The van der Waals surface area contributed by atoms with E-state index >= 15 is 0 Å². The molecule has 0 atom stereocenters. The number of nitrogens with one attached hydrogen (secondary N) is 1. The van der Waals surface area contributed by atoms with Gasteiger partial charge in [0.25, 0.3) is 5.91 Å². The number of thiophene rings is 1. The van der Waals surface area contributed by atoms with Gasteiger partial charge in [-0.3, -0.25) is 4.79 Å². The van der Waals surface area contributed by atoms with E-state index in [1.165, 1.54) is 28.3 Å². The Kier molecular flexibility index (Phi) is 5.39. The topological polar surface area (TPSA) is 95.8 Å². The molecule has 29 heavy (non-hydrogen) atoms. The van der Waals surface area contributed by atoms with Gasteiger partial charge in [0.15, 0.2) is 17.8 Å². The van der Waals surface area contributed by atoms with Gasteiger partial charge in [-0.2, -0.15) is 4.31 Å². The second-order valence-corrected chi connectivity index (χ2v) is 9.59. The minimum Gasteiger partial charge on any atom is -0.442 e. The van der Waals surface area contributed by atoms with E-state index in [9.17, 15) is 13.2 Å². The number of nitrogens with zero attached hydrogens (tertiary/aromatic N) is 3. The fourth-order valence-electron chi connectivity index (χ4n) is 3.21. The number of rotatable bonds is 5. The standard InChI is InChI=1S/C19H20N4O4S2/c1-29(25,26)23-10-8-22(9-11-23)15-6-4-14(5-7-15)21-19(24)17-18(27-13-20-17)16-3-2-12-28-16/h2-7,12-13H,8-11H2,1H3,(H,21,24). The van der Waals surface area contributed by atoms with E-state index in [0.717, 1.165) is 10.6 Å². The first kappa shape index (κ1) is 19.6. The SMILES string of the molecule is CS(=O)(=O)N1CCN(c2ccc(NC(=O)c3ncoc3-c3cccs3)cc2)CC1. The van der Waals surface area contributed by atoms with Crippen molar-refractivity contribution in [3.63, 3.8) is 0 Å². The third-order valence-corrected chi connectivity index (χ3v) is 6.90. The molecule has 0 aliphatic carbocycles. The highest BCUT2D eigenvalue weighted by Gasteiger charge is 2.23. The molecule has 1 amide bonds. The third-order valence-electron chi connectivity index (χ3n) is 4.73. The Morgan fingerprint density at radius 3 is 2.48 bits per heavy atom. The van der Waals surface area contributed by atoms with Crippen LogP contribution in [-0.2, 0) is 10.0 Å². The summed E-state index contributed by atoms with van der Waals surface area (Å²) in [4.78, 5) is 19.6. The average molecular weight is 433 g/mol. The van der Waals surface area contributed by atoms with Crippen molar-refractivity contribution in [2.24, 2.45) is 0 Å². The molecule has 1 aromatic carbocycles. The van der Waals surface area contributed by atoms with Crippen molar-refractivity contribution in [1.82, 2.24) is 9.29 Å². The molecule has 0 radical (unpaired) electrons. The van der Waals surface area contributed by atoms with Crippen molar-refractivity contribution in [2.45, 2.75) is 0 Å². The van der Waals surface area contributed by atoms with E-state index in [0.29, 0.717) is 37.6 Å². The Morgan fingerprint density at radius 1 is 1.14 bits per heavy atom. The number of sulfonamides is 1. The maximum atomic E-state index is 12.6. The molecule has 3 aromatic rings. The molecule has 1 aliphatic rings. The zero-order chi connectivity index (χ0) is 20.4. The van der Waals surface area contributed by atoms with Crippen LogP contribution in [-0.4, -0.2) is 56.0 Å². The van der Waals surface area contributed by atoms with Crippen molar-refractivity contribution in [3.8, 4) is 10.6 Å². The molecule has 0 unspecified atom stereocenters. The van der Waals surface area contributed by atoms with Gasteiger partial charge >= 0.3 is 0 Å².